The lowest BCUT2D eigenvalue weighted by Gasteiger charge is -2.23. The molecule has 0 bridgehead atoms. The van der Waals surface area contributed by atoms with Crippen molar-refractivity contribution in [1.29, 1.82) is 0 Å². The van der Waals surface area contributed by atoms with Crippen LogP contribution in [0.3, 0.4) is 0 Å². The first-order chi connectivity index (χ1) is 52.1. The predicted octanol–water partition coefficient (Wildman–Crippen LogP) is 29.5. The third kappa shape index (κ3) is 9.33. The minimum absolute atomic E-state index is 0.0612. The minimum atomic E-state index is -0.0728. The van der Waals surface area contributed by atoms with Crippen LogP contribution in [0.4, 0.5) is 0 Å². The normalized spacial score (nSPS) is 13.2. The van der Waals surface area contributed by atoms with Gasteiger partial charge in [-0.15, -0.1) is 0 Å². The van der Waals surface area contributed by atoms with Crippen molar-refractivity contribution >= 4 is 108 Å². The Hall–Kier alpha value is -13.0. The lowest BCUT2D eigenvalue weighted by molar-refractivity contribution is 0.666. The second-order valence-corrected chi connectivity index (χ2v) is 30.4. The van der Waals surface area contributed by atoms with Crippen molar-refractivity contribution in [2.45, 2.75) is 38.5 Å². The molecule has 0 amide bonds. The summed E-state index contributed by atoms with van der Waals surface area (Å²) in [5, 5.41) is 25.8. The summed E-state index contributed by atoms with van der Waals surface area (Å²) in [4.78, 5) is 0. The zero-order chi connectivity index (χ0) is 70.5. The third-order valence-corrected chi connectivity index (χ3v) is 24.0. The van der Waals surface area contributed by atoms with Gasteiger partial charge in [-0.2, -0.15) is 0 Å². The van der Waals surface area contributed by atoms with E-state index in [0.29, 0.717) is 0 Å². The van der Waals surface area contributed by atoms with Crippen LogP contribution < -0.4 is 0 Å². The second-order valence-electron chi connectivity index (χ2n) is 30.4. The highest BCUT2D eigenvalue weighted by molar-refractivity contribution is 6.26. The number of benzene rings is 20. The third-order valence-electron chi connectivity index (χ3n) is 24.0. The Kier molecular flexibility index (Phi) is 13.8. The van der Waals surface area contributed by atoms with Crippen LogP contribution in [0.5, 0.6) is 0 Å². The molecule has 106 heavy (non-hydrogen) atoms. The first-order valence-electron chi connectivity index (χ1n) is 37.4. The van der Waals surface area contributed by atoms with E-state index in [-0.39, 0.29) is 10.8 Å². The maximum absolute atomic E-state index is 2.47. The van der Waals surface area contributed by atoms with Crippen LogP contribution in [0, 0.1) is 0 Å². The maximum atomic E-state index is 2.47. The van der Waals surface area contributed by atoms with Gasteiger partial charge in [0.15, 0.2) is 0 Å². The SMILES string of the molecule is CC1(C)c2ccc(-c3c4ccccc4c(-c4cccc5c4ccc4ccccc45)c4ccccc34)cc2-c2ccc3ccccc3c21.CC1(C)c2ccc(-c3ccc(-c4c5ccccc5c(-c5cccc(-c6cc7ccccc7c7ccccc67)c5)c5ccccc45)cc3)cc2-c2ccc3ccccc3c21. The summed E-state index contributed by atoms with van der Waals surface area (Å²) >= 11 is 0. The molecule has 496 valence electrons. The number of hydrogen-bond acceptors (Lipinski definition) is 0. The van der Waals surface area contributed by atoms with Gasteiger partial charge < -0.3 is 0 Å². The molecule has 0 saturated heterocycles. The molecule has 20 aromatic rings. The largest absolute Gasteiger partial charge is 0.0616 e. The molecule has 0 nitrogen and oxygen atoms in total. The summed E-state index contributed by atoms with van der Waals surface area (Å²) in [5.74, 6) is 0. The topological polar surface area (TPSA) is 0 Å². The molecule has 20 aromatic carbocycles. The highest BCUT2D eigenvalue weighted by atomic mass is 14.4. The molecule has 0 aliphatic heterocycles. The fourth-order valence-corrected chi connectivity index (χ4v) is 19.3. The highest BCUT2D eigenvalue weighted by Gasteiger charge is 2.39. The monoisotopic (exact) mass is 1340 g/mol. The van der Waals surface area contributed by atoms with Gasteiger partial charge in [-0.1, -0.05) is 367 Å². The van der Waals surface area contributed by atoms with E-state index in [1.165, 1.54) is 219 Å². The van der Waals surface area contributed by atoms with Gasteiger partial charge in [-0.05, 0) is 243 Å². The van der Waals surface area contributed by atoms with Crippen molar-refractivity contribution in [2.75, 3.05) is 0 Å². The van der Waals surface area contributed by atoms with Gasteiger partial charge in [-0.25, -0.2) is 0 Å². The zero-order valence-electron chi connectivity index (χ0n) is 59.6. The Balaban J connectivity index is 0.000000140. The Morgan fingerprint density at radius 2 is 0.481 bits per heavy atom. The van der Waals surface area contributed by atoms with Gasteiger partial charge >= 0.3 is 0 Å². The summed E-state index contributed by atoms with van der Waals surface area (Å²) in [5.41, 5.74) is 26.1. The smallest absolute Gasteiger partial charge is 0.0165 e. The van der Waals surface area contributed by atoms with Crippen LogP contribution in [-0.4, -0.2) is 0 Å². The van der Waals surface area contributed by atoms with Gasteiger partial charge in [0, 0.05) is 10.8 Å². The zero-order valence-corrected chi connectivity index (χ0v) is 59.6. The Bertz CT molecular complexity index is 7000. The molecule has 0 heteroatoms. The van der Waals surface area contributed by atoms with Gasteiger partial charge in [0.05, 0.1) is 0 Å². The van der Waals surface area contributed by atoms with E-state index in [4.69, 9.17) is 0 Å². The van der Waals surface area contributed by atoms with E-state index < -0.39 is 0 Å². The van der Waals surface area contributed by atoms with E-state index in [1.807, 2.05) is 0 Å². The van der Waals surface area contributed by atoms with Crippen LogP contribution in [-0.2, 0) is 10.8 Å². The standard InChI is InChI=1S/C59H40.C47H32/c1-59(2)55-33-31-40(35-54(55)52-32-30-38-14-3-6-19-45(38)58(52)59)37-26-28-39(29-27-37)56-48-22-9-11-24-50(48)57(51-25-12-10-23-49(51)56)43-17-13-16-41(34-43)53-36-42-15-4-5-18-44(42)46-20-7-8-21-47(46)53;1-47(2)43-27-24-31(28-42(43)41-26-23-30-13-4-6-15-33(30)46(41)47)44-37-16-7-9-18-39(37)45(40-19-10-8-17-38(40)44)36-21-11-20-34-32-14-5-3-12-29(32)22-25-35(34)36/h3-36H,1-2H3;3-28H,1-2H3. The number of fused-ring (bicyclic) bond motifs is 20. The lowest BCUT2D eigenvalue weighted by Crippen LogP contribution is -2.15. The van der Waals surface area contributed by atoms with Crippen LogP contribution in [0.1, 0.15) is 49.9 Å². The van der Waals surface area contributed by atoms with Crippen molar-refractivity contribution in [3.05, 3.63) is 386 Å². The minimum Gasteiger partial charge on any atom is -0.0616 e. The Labute approximate surface area is 617 Å². The number of hydrogen-bond donors (Lipinski definition) is 0. The summed E-state index contributed by atoms with van der Waals surface area (Å²) in [6.07, 6.45) is 0. The fraction of sp³-hybridized carbons (Fsp3) is 0.0566. The van der Waals surface area contributed by atoms with Crippen molar-refractivity contribution in [1.82, 2.24) is 0 Å². The Morgan fingerprint density at radius 3 is 1.00 bits per heavy atom. The van der Waals surface area contributed by atoms with E-state index in [0.717, 1.165) is 0 Å². The molecule has 0 atom stereocenters. The molecule has 2 aliphatic rings. The molecule has 0 N–H and O–H groups in total. The summed E-state index contributed by atoms with van der Waals surface area (Å²) in [6, 6.07) is 136. The molecular weight excluding hydrogens is 1270 g/mol. The van der Waals surface area contributed by atoms with E-state index >= 15 is 0 Å². The first-order valence-corrected chi connectivity index (χ1v) is 37.4. The highest BCUT2D eigenvalue weighted by Crippen LogP contribution is 2.56. The van der Waals surface area contributed by atoms with Crippen molar-refractivity contribution in [2.24, 2.45) is 0 Å². The molecular formula is C106H72. The predicted molar refractivity (Wildman–Crippen MR) is 456 cm³/mol. The van der Waals surface area contributed by atoms with Gasteiger partial charge in [-0.3, -0.25) is 0 Å². The van der Waals surface area contributed by atoms with Gasteiger partial charge in [0.2, 0.25) is 0 Å². The Morgan fingerprint density at radius 1 is 0.151 bits per heavy atom. The van der Waals surface area contributed by atoms with Gasteiger partial charge in [0.1, 0.15) is 0 Å². The molecule has 0 radical (unpaired) electrons. The van der Waals surface area contributed by atoms with Crippen LogP contribution >= 0.6 is 0 Å². The van der Waals surface area contributed by atoms with Gasteiger partial charge in [0.25, 0.3) is 0 Å². The summed E-state index contributed by atoms with van der Waals surface area (Å²) in [7, 11) is 0. The lowest BCUT2D eigenvalue weighted by atomic mass is 9.79. The second kappa shape index (κ2) is 23.8. The van der Waals surface area contributed by atoms with Crippen LogP contribution in [0.2, 0.25) is 0 Å². The van der Waals surface area contributed by atoms with Crippen molar-refractivity contribution in [3.63, 3.8) is 0 Å². The molecule has 0 saturated carbocycles. The molecule has 0 aromatic heterocycles. The first kappa shape index (κ1) is 61.6. The van der Waals surface area contributed by atoms with Crippen molar-refractivity contribution in [3.8, 4) is 89.0 Å². The van der Waals surface area contributed by atoms with Crippen LogP contribution in [0.15, 0.2) is 364 Å². The number of rotatable bonds is 6. The molecule has 22 rings (SSSR count). The molecule has 0 fully saturated rings. The average Bonchev–Trinajstić information content (AvgIpc) is 1.71. The van der Waals surface area contributed by atoms with E-state index in [2.05, 4.69) is 392 Å². The molecule has 0 unspecified atom stereocenters. The molecule has 0 spiro atoms. The maximum Gasteiger partial charge on any atom is 0.0165 e. The van der Waals surface area contributed by atoms with E-state index in [9.17, 15) is 0 Å². The fourth-order valence-electron chi connectivity index (χ4n) is 19.3. The average molecular weight is 1350 g/mol. The summed E-state index contributed by atoms with van der Waals surface area (Å²) < 4.78 is 0. The van der Waals surface area contributed by atoms with E-state index in [1.54, 1.807) is 0 Å². The quantitative estimate of drug-likeness (QED) is 0.115. The van der Waals surface area contributed by atoms with Crippen molar-refractivity contribution < 1.29 is 0 Å². The summed E-state index contributed by atoms with van der Waals surface area (Å²) in [6.45, 7) is 9.53. The van der Waals surface area contributed by atoms with Crippen LogP contribution in [0.25, 0.3) is 197 Å². The molecule has 0 heterocycles. The molecule has 2 aliphatic carbocycles.